The number of rotatable bonds is 3. The number of nitrogens with zero attached hydrogens (tertiary/aromatic N) is 3. The molecule has 0 bridgehead atoms. The average Bonchev–Trinajstić information content (AvgIpc) is 3.17. The van der Waals surface area contributed by atoms with E-state index < -0.39 is 0 Å². The van der Waals surface area contributed by atoms with Gasteiger partial charge >= 0.3 is 5.69 Å². The zero-order valence-electron chi connectivity index (χ0n) is 11.5. The molecule has 4 rings (SSSR count). The Kier molecular flexibility index (Phi) is 2.93. The van der Waals surface area contributed by atoms with E-state index in [-0.39, 0.29) is 11.2 Å². The van der Waals surface area contributed by atoms with Crippen LogP contribution in [0.25, 0.3) is 16.7 Å². The Labute approximate surface area is 128 Å². The van der Waals surface area contributed by atoms with Crippen LogP contribution < -0.4 is 11.2 Å². The van der Waals surface area contributed by atoms with Gasteiger partial charge in [0.25, 0.3) is 5.56 Å². The molecule has 3 aromatic heterocycles. The van der Waals surface area contributed by atoms with Crippen molar-refractivity contribution in [2.24, 2.45) is 0 Å². The highest BCUT2D eigenvalue weighted by Crippen LogP contribution is 2.13. The van der Waals surface area contributed by atoms with Crippen molar-refractivity contribution in [3.63, 3.8) is 0 Å². The Morgan fingerprint density at radius 1 is 1.14 bits per heavy atom. The predicted octanol–water partition coefficient (Wildman–Crippen LogP) is 1.64. The fourth-order valence-electron chi connectivity index (χ4n) is 2.65. The van der Waals surface area contributed by atoms with E-state index in [0.717, 1.165) is 6.42 Å². The van der Waals surface area contributed by atoms with Gasteiger partial charge in [0.15, 0.2) is 0 Å². The minimum absolute atomic E-state index is 0.126. The summed E-state index contributed by atoms with van der Waals surface area (Å²) in [7, 11) is 0. The zero-order valence-corrected chi connectivity index (χ0v) is 12.3. The van der Waals surface area contributed by atoms with E-state index >= 15 is 0 Å². The third kappa shape index (κ3) is 1.90. The van der Waals surface area contributed by atoms with Crippen molar-refractivity contribution in [2.75, 3.05) is 0 Å². The summed E-state index contributed by atoms with van der Waals surface area (Å²) in [6, 6.07) is 11.1. The summed E-state index contributed by atoms with van der Waals surface area (Å²) in [6.45, 7) is 0.484. The number of aromatic nitrogens is 4. The molecular formula is C15H12N4O2S. The molecule has 3 heterocycles. The second kappa shape index (κ2) is 4.96. The summed E-state index contributed by atoms with van der Waals surface area (Å²) >= 11 is 1.65. The molecule has 0 radical (unpaired) electrons. The predicted molar refractivity (Wildman–Crippen MR) is 85.6 cm³/mol. The Balaban J connectivity index is 1.97. The van der Waals surface area contributed by atoms with Crippen molar-refractivity contribution in [1.29, 1.82) is 0 Å². The molecule has 0 aliphatic heterocycles. The van der Waals surface area contributed by atoms with Gasteiger partial charge in [-0.1, -0.05) is 18.2 Å². The van der Waals surface area contributed by atoms with E-state index in [1.807, 2.05) is 17.5 Å². The molecule has 110 valence electrons. The average molecular weight is 312 g/mol. The summed E-state index contributed by atoms with van der Waals surface area (Å²) in [5, 5.41) is 8.98. The van der Waals surface area contributed by atoms with Gasteiger partial charge in [-0.2, -0.15) is 0 Å². The van der Waals surface area contributed by atoms with Crippen LogP contribution in [0.5, 0.6) is 0 Å². The van der Waals surface area contributed by atoms with Crippen LogP contribution in [0.2, 0.25) is 0 Å². The zero-order chi connectivity index (χ0) is 15.1. The smallest absolute Gasteiger partial charge is 0.276 e. The number of benzene rings is 1. The fourth-order valence-corrected chi connectivity index (χ4v) is 3.35. The lowest BCUT2D eigenvalue weighted by Crippen LogP contribution is -2.26. The van der Waals surface area contributed by atoms with Gasteiger partial charge in [0.05, 0.1) is 10.9 Å². The molecule has 1 aromatic carbocycles. The molecule has 1 N–H and O–H groups in total. The summed E-state index contributed by atoms with van der Waals surface area (Å²) in [5.41, 5.74) is 0.114. The maximum Gasteiger partial charge on any atom is 0.349 e. The van der Waals surface area contributed by atoms with E-state index in [0.29, 0.717) is 23.2 Å². The topological polar surface area (TPSA) is 72.2 Å². The molecule has 0 spiro atoms. The van der Waals surface area contributed by atoms with Crippen LogP contribution in [0.15, 0.2) is 51.4 Å². The molecule has 0 saturated heterocycles. The van der Waals surface area contributed by atoms with E-state index in [4.69, 9.17) is 0 Å². The number of thiophene rings is 1. The van der Waals surface area contributed by atoms with Gasteiger partial charge in [-0.15, -0.1) is 16.4 Å². The Bertz CT molecular complexity index is 1070. The van der Waals surface area contributed by atoms with Crippen LogP contribution in [0, 0.1) is 0 Å². The molecule has 0 saturated carbocycles. The van der Waals surface area contributed by atoms with Crippen molar-refractivity contribution in [1.82, 2.24) is 19.2 Å². The van der Waals surface area contributed by atoms with Crippen LogP contribution in [0.3, 0.4) is 0 Å². The Morgan fingerprint density at radius 3 is 2.82 bits per heavy atom. The third-order valence-corrected chi connectivity index (χ3v) is 4.61. The van der Waals surface area contributed by atoms with Crippen LogP contribution in [0.4, 0.5) is 0 Å². The van der Waals surface area contributed by atoms with Gasteiger partial charge in [0, 0.05) is 11.4 Å². The monoisotopic (exact) mass is 312 g/mol. The molecule has 0 atom stereocenters. The van der Waals surface area contributed by atoms with Crippen molar-refractivity contribution in [2.45, 2.75) is 13.0 Å². The lowest BCUT2D eigenvalue weighted by atomic mass is 10.2. The van der Waals surface area contributed by atoms with Gasteiger partial charge < -0.3 is 0 Å². The molecule has 0 aliphatic rings. The number of aromatic amines is 1. The minimum atomic E-state index is -0.337. The van der Waals surface area contributed by atoms with Gasteiger partial charge in [-0.3, -0.25) is 9.36 Å². The van der Waals surface area contributed by atoms with Gasteiger partial charge in [0.2, 0.25) is 5.78 Å². The summed E-state index contributed by atoms with van der Waals surface area (Å²) in [5.74, 6) is 0.352. The van der Waals surface area contributed by atoms with Gasteiger partial charge in [-0.25, -0.2) is 14.3 Å². The van der Waals surface area contributed by atoms with Crippen LogP contribution >= 0.6 is 11.3 Å². The standard InChI is InChI=1S/C15H12N4O2S/c20-13-11-5-1-2-6-12(11)19-14(16-17-15(19)21)18(13)8-7-10-4-3-9-22-10/h1-6,9H,7-8H2,(H,17,21). The molecule has 0 fully saturated rings. The highest BCUT2D eigenvalue weighted by Gasteiger charge is 2.14. The van der Waals surface area contributed by atoms with Crippen molar-refractivity contribution in [3.8, 4) is 0 Å². The lowest BCUT2D eigenvalue weighted by Gasteiger charge is -2.09. The quantitative estimate of drug-likeness (QED) is 0.625. The Morgan fingerprint density at radius 2 is 2.00 bits per heavy atom. The number of hydrogen-bond acceptors (Lipinski definition) is 4. The molecule has 0 unspecified atom stereocenters. The molecule has 22 heavy (non-hydrogen) atoms. The summed E-state index contributed by atoms with van der Waals surface area (Å²) < 4.78 is 3.01. The number of aryl methyl sites for hydroxylation is 2. The van der Waals surface area contributed by atoms with Gasteiger partial charge in [-0.05, 0) is 30.0 Å². The first kappa shape index (κ1) is 13.0. The lowest BCUT2D eigenvalue weighted by molar-refractivity contribution is 0.683. The molecule has 0 amide bonds. The third-order valence-electron chi connectivity index (χ3n) is 3.68. The normalized spacial score (nSPS) is 11.5. The summed E-state index contributed by atoms with van der Waals surface area (Å²) in [6.07, 6.45) is 0.729. The maximum atomic E-state index is 12.7. The number of para-hydroxylation sites is 1. The van der Waals surface area contributed by atoms with E-state index in [1.54, 1.807) is 40.2 Å². The van der Waals surface area contributed by atoms with Gasteiger partial charge in [0.1, 0.15) is 0 Å². The second-order valence-corrected chi connectivity index (χ2v) is 6.00. The van der Waals surface area contributed by atoms with Crippen LogP contribution in [-0.2, 0) is 13.0 Å². The number of H-pyrrole nitrogens is 1. The SMILES string of the molecule is O=c1c2ccccc2n2c(=O)[nH]nc2n1CCc1cccs1. The molecule has 4 aromatic rings. The molecule has 0 aliphatic carbocycles. The minimum Gasteiger partial charge on any atom is -0.276 e. The van der Waals surface area contributed by atoms with E-state index in [9.17, 15) is 9.59 Å². The highest BCUT2D eigenvalue weighted by molar-refractivity contribution is 7.09. The second-order valence-electron chi connectivity index (χ2n) is 4.97. The highest BCUT2D eigenvalue weighted by atomic mass is 32.1. The number of hydrogen-bond donors (Lipinski definition) is 1. The van der Waals surface area contributed by atoms with Crippen LogP contribution in [0.1, 0.15) is 4.88 Å². The largest absolute Gasteiger partial charge is 0.349 e. The first-order valence-electron chi connectivity index (χ1n) is 6.87. The van der Waals surface area contributed by atoms with E-state index in [1.165, 1.54) is 9.28 Å². The van der Waals surface area contributed by atoms with Crippen molar-refractivity contribution < 1.29 is 0 Å². The maximum absolute atomic E-state index is 12.7. The van der Waals surface area contributed by atoms with Crippen molar-refractivity contribution in [3.05, 3.63) is 67.5 Å². The molecular weight excluding hydrogens is 300 g/mol. The first-order chi connectivity index (χ1) is 10.8. The van der Waals surface area contributed by atoms with Crippen LogP contribution in [-0.4, -0.2) is 19.2 Å². The number of fused-ring (bicyclic) bond motifs is 3. The molecule has 6 nitrogen and oxygen atoms in total. The summed E-state index contributed by atoms with van der Waals surface area (Å²) in [4.78, 5) is 25.9. The fraction of sp³-hybridized carbons (Fsp3) is 0.133. The molecule has 7 heteroatoms. The Hall–Kier alpha value is -2.67. The first-order valence-corrected chi connectivity index (χ1v) is 7.75. The van der Waals surface area contributed by atoms with Crippen molar-refractivity contribution >= 4 is 28.0 Å². The number of nitrogens with one attached hydrogen (secondary N) is 1. The van der Waals surface area contributed by atoms with E-state index in [2.05, 4.69) is 10.2 Å².